The third-order valence-corrected chi connectivity index (χ3v) is 6.88. The van der Waals surface area contributed by atoms with Crippen molar-refractivity contribution in [2.75, 3.05) is 13.7 Å². The molecule has 0 aliphatic rings. The molecule has 9 heteroatoms. The van der Waals surface area contributed by atoms with E-state index in [0.29, 0.717) is 18.8 Å². The van der Waals surface area contributed by atoms with Crippen molar-refractivity contribution < 1.29 is 19.4 Å². The molecule has 5 nitrogen and oxygen atoms in total. The van der Waals surface area contributed by atoms with E-state index in [4.69, 9.17) is 9.47 Å². The van der Waals surface area contributed by atoms with Crippen molar-refractivity contribution in [3.8, 4) is 17.2 Å². The normalized spacial score (nSPS) is 11.9. The first-order valence-corrected chi connectivity index (χ1v) is 12.3. The monoisotopic (exact) mass is 819 g/mol. The fourth-order valence-electron chi connectivity index (χ4n) is 2.33. The van der Waals surface area contributed by atoms with Crippen LogP contribution in [0.4, 0.5) is 0 Å². The third kappa shape index (κ3) is 6.44. The average Bonchev–Trinajstić information content (AvgIpc) is 2.60. The van der Waals surface area contributed by atoms with E-state index < -0.39 is 0 Å². The maximum absolute atomic E-state index is 12.0. The zero-order valence-electron chi connectivity index (χ0n) is 14.5. The highest BCUT2D eigenvalue weighted by Gasteiger charge is 2.20. The fraction of sp³-hybridized carbons (Fsp3) is 0.278. The third-order valence-electron chi connectivity index (χ3n) is 3.63. The number of carbonyl (C=O) groups excluding carboxylic acids is 1. The quantitative estimate of drug-likeness (QED) is 0.294. The number of benzene rings is 2. The van der Waals surface area contributed by atoms with Gasteiger partial charge < -0.3 is 19.9 Å². The molecule has 146 valence electrons. The maximum Gasteiger partial charge on any atom is 0.323 e. The molecule has 2 aromatic carbocycles. The smallest absolute Gasteiger partial charge is 0.323 e. The molecule has 2 N–H and O–H groups in total. The molecule has 0 aliphatic carbocycles. The van der Waals surface area contributed by atoms with Crippen molar-refractivity contribution in [3.05, 3.63) is 44.1 Å². The molecule has 0 saturated heterocycles. The Balaban J connectivity index is 2.25. The summed E-state index contributed by atoms with van der Waals surface area (Å²) in [5.41, 5.74) is 1.03. The number of halogens is 4. The van der Waals surface area contributed by atoms with Crippen molar-refractivity contribution in [1.82, 2.24) is 5.32 Å². The SMILES string of the molecule is CCOC(=O)[C@H](Cc1cc(I)c(Oc2cc(I)c(O)c(I)c2)c(I)c1)NC. The van der Waals surface area contributed by atoms with Crippen LogP contribution in [-0.2, 0) is 16.0 Å². The summed E-state index contributed by atoms with van der Waals surface area (Å²) in [6.07, 6.45) is 0.538. The number of ether oxygens (including phenoxy) is 2. The number of hydrogen-bond acceptors (Lipinski definition) is 5. The molecule has 0 radical (unpaired) electrons. The summed E-state index contributed by atoms with van der Waals surface area (Å²) >= 11 is 8.64. The van der Waals surface area contributed by atoms with Crippen LogP contribution in [-0.4, -0.2) is 30.8 Å². The van der Waals surface area contributed by atoms with E-state index in [1.165, 1.54) is 0 Å². The molecular weight excluding hydrogens is 802 g/mol. The predicted molar refractivity (Wildman–Crippen MR) is 139 cm³/mol. The van der Waals surface area contributed by atoms with Gasteiger partial charge in [0, 0.05) is 0 Å². The fourth-order valence-corrected chi connectivity index (χ4v) is 6.16. The van der Waals surface area contributed by atoms with Gasteiger partial charge in [0.15, 0.2) is 5.75 Å². The number of hydrogen-bond donors (Lipinski definition) is 2. The summed E-state index contributed by atoms with van der Waals surface area (Å²) < 4.78 is 14.6. The number of rotatable bonds is 7. The average molecular weight is 819 g/mol. The van der Waals surface area contributed by atoms with Crippen molar-refractivity contribution in [1.29, 1.82) is 0 Å². The van der Waals surface area contributed by atoms with Crippen molar-refractivity contribution in [2.45, 2.75) is 19.4 Å². The van der Waals surface area contributed by atoms with Crippen molar-refractivity contribution >= 4 is 96.3 Å². The van der Waals surface area contributed by atoms with E-state index >= 15 is 0 Å². The van der Waals surface area contributed by atoms with Gasteiger partial charge in [0.25, 0.3) is 0 Å². The van der Waals surface area contributed by atoms with Crippen molar-refractivity contribution in [3.63, 3.8) is 0 Å². The number of aromatic hydroxyl groups is 1. The van der Waals surface area contributed by atoms with Crippen LogP contribution < -0.4 is 10.1 Å². The Morgan fingerprint density at radius 3 is 2.11 bits per heavy atom. The molecule has 0 bridgehead atoms. The Bertz CT molecular complexity index is 798. The minimum absolute atomic E-state index is 0.251. The summed E-state index contributed by atoms with van der Waals surface area (Å²) in [7, 11) is 1.75. The summed E-state index contributed by atoms with van der Waals surface area (Å²) in [5, 5.41) is 12.9. The molecule has 0 spiro atoms. The topological polar surface area (TPSA) is 67.8 Å². The summed E-state index contributed by atoms with van der Waals surface area (Å²) in [6, 6.07) is 7.24. The summed E-state index contributed by atoms with van der Waals surface area (Å²) in [5.74, 6) is 1.44. The zero-order chi connectivity index (χ0) is 20.1. The van der Waals surface area contributed by atoms with Gasteiger partial charge in [-0.2, -0.15) is 0 Å². The predicted octanol–water partition coefficient (Wildman–Crippen LogP) is 5.30. The first kappa shape index (κ1) is 23.7. The van der Waals surface area contributed by atoms with Crippen LogP contribution in [0.3, 0.4) is 0 Å². The second kappa shape index (κ2) is 11.0. The molecule has 0 aromatic heterocycles. The number of nitrogens with one attached hydrogen (secondary N) is 1. The first-order chi connectivity index (χ1) is 12.8. The van der Waals surface area contributed by atoms with E-state index in [2.05, 4.69) is 95.7 Å². The Labute approximate surface area is 212 Å². The molecular formula is C18H17I4NO4. The lowest BCUT2D eigenvalue weighted by molar-refractivity contribution is -0.145. The van der Waals surface area contributed by atoms with Gasteiger partial charge in [-0.3, -0.25) is 4.79 Å². The summed E-state index contributed by atoms with van der Waals surface area (Å²) in [6.45, 7) is 2.16. The highest BCUT2D eigenvalue weighted by Crippen LogP contribution is 2.36. The summed E-state index contributed by atoms with van der Waals surface area (Å²) in [4.78, 5) is 12.0. The van der Waals surface area contributed by atoms with Gasteiger partial charge in [0.2, 0.25) is 0 Å². The molecule has 0 amide bonds. The van der Waals surface area contributed by atoms with Crippen LogP contribution in [0.5, 0.6) is 17.2 Å². The zero-order valence-corrected chi connectivity index (χ0v) is 23.1. The van der Waals surface area contributed by atoms with Gasteiger partial charge in [-0.25, -0.2) is 0 Å². The van der Waals surface area contributed by atoms with Gasteiger partial charge in [0.05, 0.1) is 20.9 Å². The van der Waals surface area contributed by atoms with E-state index in [9.17, 15) is 9.90 Å². The van der Waals surface area contributed by atoms with Crippen LogP contribution >= 0.6 is 90.4 Å². The molecule has 2 rings (SSSR count). The molecule has 0 heterocycles. The van der Waals surface area contributed by atoms with Crippen LogP contribution in [0, 0.1) is 14.3 Å². The van der Waals surface area contributed by atoms with Crippen molar-refractivity contribution in [2.24, 2.45) is 0 Å². The minimum atomic E-state index is -0.386. The lowest BCUT2D eigenvalue weighted by atomic mass is 10.1. The van der Waals surface area contributed by atoms with Crippen LogP contribution in [0.25, 0.3) is 0 Å². The van der Waals surface area contributed by atoms with Gasteiger partial charge in [-0.15, -0.1) is 0 Å². The van der Waals surface area contributed by atoms with E-state index in [1.807, 2.05) is 12.1 Å². The molecule has 0 saturated carbocycles. The number of phenolic OH excluding ortho intramolecular Hbond substituents is 1. The molecule has 1 atom stereocenters. The van der Waals surface area contributed by atoms with Gasteiger partial charge in [0.1, 0.15) is 17.5 Å². The second-order valence-corrected chi connectivity index (χ2v) is 10.2. The van der Waals surface area contributed by atoms with Crippen LogP contribution in [0.1, 0.15) is 12.5 Å². The van der Waals surface area contributed by atoms with Gasteiger partial charge in [-0.1, -0.05) is 0 Å². The van der Waals surface area contributed by atoms with Gasteiger partial charge >= 0.3 is 5.97 Å². The lowest BCUT2D eigenvalue weighted by Gasteiger charge is -2.17. The maximum atomic E-state index is 12.0. The number of carbonyl (C=O) groups is 1. The molecule has 0 aliphatic heterocycles. The Morgan fingerprint density at radius 1 is 1.07 bits per heavy atom. The highest BCUT2D eigenvalue weighted by molar-refractivity contribution is 14.1. The van der Waals surface area contributed by atoms with E-state index in [-0.39, 0.29) is 17.8 Å². The molecule has 0 fully saturated rings. The standard InChI is InChI=1S/C18H17I4NO4/c1-3-26-18(25)15(23-2)6-9-4-13(21)17(14(22)5-9)27-10-7-11(19)16(24)12(20)8-10/h4-5,7-8,15,23-24H,3,6H2,1-2H3/t15-/m0/s1. The number of likely N-dealkylation sites (N-methyl/N-ethyl adjacent to an activating group) is 1. The molecule has 0 unspecified atom stereocenters. The first-order valence-electron chi connectivity index (χ1n) is 7.94. The van der Waals surface area contributed by atoms with E-state index in [0.717, 1.165) is 25.6 Å². The molecule has 2 aromatic rings. The Kier molecular flexibility index (Phi) is 9.61. The van der Waals surface area contributed by atoms with Crippen LogP contribution in [0.2, 0.25) is 0 Å². The minimum Gasteiger partial charge on any atom is -0.506 e. The Hall–Kier alpha value is 0.390. The van der Waals surface area contributed by atoms with Crippen LogP contribution in [0.15, 0.2) is 24.3 Å². The number of phenols is 1. The second-order valence-electron chi connectivity index (χ2n) is 5.52. The Morgan fingerprint density at radius 2 is 1.63 bits per heavy atom. The lowest BCUT2D eigenvalue weighted by Crippen LogP contribution is -2.37. The highest BCUT2D eigenvalue weighted by atomic mass is 127. The van der Waals surface area contributed by atoms with E-state index in [1.54, 1.807) is 26.1 Å². The number of esters is 1. The largest absolute Gasteiger partial charge is 0.506 e. The van der Waals surface area contributed by atoms with Gasteiger partial charge in [-0.05, 0) is 141 Å². The molecule has 27 heavy (non-hydrogen) atoms.